The Morgan fingerprint density at radius 3 is 2.54 bits per heavy atom. The van der Waals surface area contributed by atoms with Crippen molar-refractivity contribution in [2.24, 2.45) is 0 Å². The van der Waals surface area contributed by atoms with Crippen LogP contribution in [0.25, 0.3) is 22.6 Å². The lowest BCUT2D eigenvalue weighted by atomic mass is 10.1. The van der Waals surface area contributed by atoms with Crippen LogP contribution >= 0.6 is 0 Å². The first-order chi connectivity index (χ1) is 12.7. The van der Waals surface area contributed by atoms with Gasteiger partial charge in [-0.05, 0) is 24.3 Å². The smallest absolute Gasteiger partial charge is 0.151 e. The van der Waals surface area contributed by atoms with Crippen molar-refractivity contribution >= 4 is 17.3 Å². The van der Waals surface area contributed by atoms with Crippen molar-refractivity contribution in [2.75, 3.05) is 42.7 Å². The molecule has 0 spiro atoms. The number of aromatic nitrogens is 4. The molecule has 1 aliphatic heterocycles. The largest absolute Gasteiger partial charge is 0.397 e. The van der Waals surface area contributed by atoms with E-state index in [1.54, 1.807) is 30.7 Å². The number of nitrogens with two attached hydrogens (primary N) is 2. The second-order valence-electron chi connectivity index (χ2n) is 5.97. The van der Waals surface area contributed by atoms with Crippen LogP contribution in [0.3, 0.4) is 0 Å². The third-order valence-corrected chi connectivity index (χ3v) is 4.21. The van der Waals surface area contributed by atoms with Gasteiger partial charge in [0, 0.05) is 24.8 Å². The van der Waals surface area contributed by atoms with E-state index in [1.807, 2.05) is 12.1 Å². The lowest BCUT2D eigenvalue weighted by Crippen LogP contribution is -2.36. The maximum atomic E-state index is 6.01. The van der Waals surface area contributed by atoms with Crippen LogP contribution < -0.4 is 16.4 Å². The van der Waals surface area contributed by atoms with Gasteiger partial charge < -0.3 is 21.1 Å². The molecule has 8 heteroatoms. The van der Waals surface area contributed by atoms with Crippen molar-refractivity contribution < 1.29 is 4.74 Å². The lowest BCUT2D eigenvalue weighted by Gasteiger charge is -2.27. The summed E-state index contributed by atoms with van der Waals surface area (Å²) in [6.45, 7) is 3.07. The SMILES string of the molecule is Nc1ccc(-c2nc(-c3ccnc(N4CCOCC4)c3)cnc2N)nc1. The van der Waals surface area contributed by atoms with Crippen molar-refractivity contribution in [3.63, 3.8) is 0 Å². The summed E-state index contributed by atoms with van der Waals surface area (Å²) < 4.78 is 5.40. The molecule has 4 N–H and O–H groups in total. The number of nitrogens with zero attached hydrogens (tertiary/aromatic N) is 5. The summed E-state index contributed by atoms with van der Waals surface area (Å²) in [6.07, 6.45) is 5.01. The molecule has 4 heterocycles. The molecule has 4 rings (SSSR count). The fourth-order valence-electron chi connectivity index (χ4n) is 2.81. The Morgan fingerprint density at radius 2 is 1.77 bits per heavy atom. The van der Waals surface area contributed by atoms with Gasteiger partial charge in [-0.25, -0.2) is 15.0 Å². The minimum atomic E-state index is 0.327. The van der Waals surface area contributed by atoms with Crippen molar-refractivity contribution in [2.45, 2.75) is 0 Å². The summed E-state index contributed by atoms with van der Waals surface area (Å²) in [5.41, 5.74) is 15.1. The van der Waals surface area contributed by atoms with Crippen molar-refractivity contribution in [1.29, 1.82) is 0 Å². The highest BCUT2D eigenvalue weighted by atomic mass is 16.5. The minimum Gasteiger partial charge on any atom is -0.397 e. The summed E-state index contributed by atoms with van der Waals surface area (Å²) in [5.74, 6) is 1.23. The summed E-state index contributed by atoms with van der Waals surface area (Å²) in [4.78, 5) is 19.9. The zero-order chi connectivity index (χ0) is 17.9. The summed E-state index contributed by atoms with van der Waals surface area (Å²) >= 11 is 0. The van der Waals surface area contributed by atoms with E-state index in [9.17, 15) is 0 Å². The van der Waals surface area contributed by atoms with Gasteiger partial charge in [-0.3, -0.25) is 4.98 Å². The number of rotatable bonds is 3. The van der Waals surface area contributed by atoms with Gasteiger partial charge in [-0.1, -0.05) is 0 Å². The molecule has 26 heavy (non-hydrogen) atoms. The Balaban J connectivity index is 1.70. The molecule has 0 saturated carbocycles. The predicted molar refractivity (Wildman–Crippen MR) is 100 cm³/mol. The molecule has 8 nitrogen and oxygen atoms in total. The maximum absolute atomic E-state index is 6.01. The number of pyridine rings is 2. The Labute approximate surface area is 150 Å². The molecule has 0 unspecified atom stereocenters. The second kappa shape index (κ2) is 6.93. The van der Waals surface area contributed by atoms with E-state index < -0.39 is 0 Å². The van der Waals surface area contributed by atoms with Crippen molar-refractivity contribution in [3.8, 4) is 22.6 Å². The second-order valence-corrected chi connectivity index (χ2v) is 5.97. The number of nitrogen functional groups attached to an aromatic ring is 2. The number of hydrogen-bond donors (Lipinski definition) is 2. The maximum Gasteiger partial charge on any atom is 0.151 e. The van der Waals surface area contributed by atoms with Crippen LogP contribution in [-0.4, -0.2) is 46.2 Å². The topological polar surface area (TPSA) is 116 Å². The van der Waals surface area contributed by atoms with Gasteiger partial charge in [-0.15, -0.1) is 0 Å². The van der Waals surface area contributed by atoms with Crippen LogP contribution in [-0.2, 0) is 4.74 Å². The first kappa shape index (κ1) is 16.2. The van der Waals surface area contributed by atoms with Crippen molar-refractivity contribution in [3.05, 3.63) is 42.9 Å². The molecule has 3 aromatic rings. The Morgan fingerprint density at radius 1 is 0.923 bits per heavy atom. The molecule has 0 amide bonds. The molecule has 0 radical (unpaired) electrons. The first-order valence-corrected chi connectivity index (χ1v) is 8.34. The van der Waals surface area contributed by atoms with Gasteiger partial charge >= 0.3 is 0 Å². The normalized spacial score (nSPS) is 14.4. The standard InChI is InChI=1S/C18H19N7O/c19-13-1-2-14(22-10-13)17-18(20)23-11-15(24-17)12-3-4-21-16(9-12)25-5-7-26-8-6-25/h1-4,9-11H,5-8,19H2,(H2,20,23). The molecule has 132 valence electrons. The zero-order valence-corrected chi connectivity index (χ0v) is 14.2. The van der Waals surface area contributed by atoms with E-state index in [0.29, 0.717) is 41.8 Å². The van der Waals surface area contributed by atoms with E-state index in [4.69, 9.17) is 16.2 Å². The van der Waals surface area contributed by atoms with Crippen LogP contribution in [0.1, 0.15) is 0 Å². The molecule has 0 bridgehead atoms. The molecular weight excluding hydrogens is 330 g/mol. The number of ether oxygens (including phenoxy) is 1. The number of anilines is 3. The first-order valence-electron chi connectivity index (χ1n) is 8.34. The average molecular weight is 349 g/mol. The van der Waals surface area contributed by atoms with Gasteiger partial charge in [-0.2, -0.15) is 0 Å². The highest BCUT2D eigenvalue weighted by molar-refractivity contribution is 5.72. The van der Waals surface area contributed by atoms with E-state index in [2.05, 4.69) is 24.8 Å². The van der Waals surface area contributed by atoms with Crippen LogP contribution in [0.5, 0.6) is 0 Å². The predicted octanol–water partition coefficient (Wildman–Crippen LogP) is 1.60. The Bertz CT molecular complexity index is 908. The molecule has 1 saturated heterocycles. The van der Waals surface area contributed by atoms with Crippen LogP contribution in [0.15, 0.2) is 42.9 Å². The van der Waals surface area contributed by atoms with Crippen molar-refractivity contribution in [1.82, 2.24) is 19.9 Å². The highest BCUT2D eigenvalue weighted by Crippen LogP contribution is 2.26. The van der Waals surface area contributed by atoms with E-state index >= 15 is 0 Å². The molecule has 1 fully saturated rings. The molecule has 1 aliphatic rings. The Hall–Kier alpha value is -3.26. The fraction of sp³-hybridized carbons (Fsp3) is 0.222. The monoisotopic (exact) mass is 349 g/mol. The molecule has 0 aliphatic carbocycles. The highest BCUT2D eigenvalue weighted by Gasteiger charge is 2.15. The van der Waals surface area contributed by atoms with E-state index in [0.717, 1.165) is 24.5 Å². The number of morpholine rings is 1. The van der Waals surface area contributed by atoms with E-state index in [-0.39, 0.29) is 0 Å². The molecule has 0 aromatic carbocycles. The summed E-state index contributed by atoms with van der Waals surface area (Å²) in [6, 6.07) is 7.46. The number of hydrogen-bond acceptors (Lipinski definition) is 8. The van der Waals surface area contributed by atoms with Gasteiger partial charge in [0.1, 0.15) is 11.5 Å². The summed E-state index contributed by atoms with van der Waals surface area (Å²) in [7, 11) is 0. The summed E-state index contributed by atoms with van der Waals surface area (Å²) in [5, 5.41) is 0. The fourth-order valence-corrected chi connectivity index (χ4v) is 2.81. The minimum absolute atomic E-state index is 0.327. The zero-order valence-electron chi connectivity index (χ0n) is 14.2. The molecule has 3 aromatic heterocycles. The molecule has 0 atom stereocenters. The quantitative estimate of drug-likeness (QED) is 0.732. The van der Waals surface area contributed by atoms with Gasteiger partial charge in [0.2, 0.25) is 0 Å². The van der Waals surface area contributed by atoms with Crippen LogP contribution in [0.4, 0.5) is 17.3 Å². The Kier molecular flexibility index (Phi) is 4.32. The lowest BCUT2D eigenvalue weighted by molar-refractivity contribution is 0.122. The van der Waals surface area contributed by atoms with Crippen LogP contribution in [0, 0.1) is 0 Å². The third kappa shape index (κ3) is 3.27. The van der Waals surface area contributed by atoms with Gasteiger partial charge in [0.15, 0.2) is 5.82 Å². The third-order valence-electron chi connectivity index (χ3n) is 4.21. The average Bonchev–Trinajstić information content (AvgIpc) is 2.70. The molecular formula is C18H19N7O. The van der Waals surface area contributed by atoms with Gasteiger partial charge in [0.25, 0.3) is 0 Å². The van der Waals surface area contributed by atoms with E-state index in [1.165, 1.54) is 0 Å². The van der Waals surface area contributed by atoms with Crippen LogP contribution in [0.2, 0.25) is 0 Å². The van der Waals surface area contributed by atoms with Gasteiger partial charge in [0.05, 0.1) is 42.7 Å².